The van der Waals surface area contributed by atoms with Crippen LogP contribution < -0.4 is 0 Å². The predicted octanol–water partition coefficient (Wildman–Crippen LogP) is 4.53. The summed E-state index contributed by atoms with van der Waals surface area (Å²) in [6, 6.07) is -1.49. The van der Waals surface area contributed by atoms with Gasteiger partial charge in [-0.15, -0.1) is 0 Å². The fourth-order valence-electron chi connectivity index (χ4n) is 3.42. The number of hydrogen-bond acceptors (Lipinski definition) is 7. The Morgan fingerprint density at radius 3 is 1.36 bits per heavy atom. The number of ether oxygens (including phenoxy) is 3. The van der Waals surface area contributed by atoms with Crippen LogP contribution in [0.5, 0.6) is 0 Å². The van der Waals surface area contributed by atoms with Gasteiger partial charge in [-0.25, -0.2) is 19.2 Å². The molecule has 2 atom stereocenters. The van der Waals surface area contributed by atoms with Gasteiger partial charge < -0.3 is 19.3 Å². The van der Waals surface area contributed by atoms with Gasteiger partial charge in [0.15, 0.2) is 0 Å². The quantitative estimate of drug-likeness (QED) is 0.327. The number of esters is 1. The van der Waals surface area contributed by atoms with Crippen molar-refractivity contribution in [3.8, 4) is 0 Å². The van der Waals surface area contributed by atoms with Crippen molar-refractivity contribution in [1.82, 2.24) is 9.80 Å². The zero-order valence-electron chi connectivity index (χ0n) is 23.1. The molecule has 0 aromatic rings. The molecule has 0 bridgehead atoms. The number of nitrogens with zero attached hydrogens (tertiary/aromatic N) is 2. The van der Waals surface area contributed by atoms with Crippen molar-refractivity contribution < 1.29 is 38.5 Å². The van der Waals surface area contributed by atoms with Crippen LogP contribution in [0.4, 0.5) is 9.59 Å². The van der Waals surface area contributed by atoms with Gasteiger partial charge in [-0.1, -0.05) is 24.3 Å². The molecule has 2 saturated heterocycles. The van der Waals surface area contributed by atoms with Crippen molar-refractivity contribution in [3.05, 3.63) is 24.3 Å². The summed E-state index contributed by atoms with van der Waals surface area (Å²) in [5, 5.41) is 8.96. The summed E-state index contributed by atoms with van der Waals surface area (Å²) in [5.41, 5.74) is -0.241. The number of carbonyl (C=O) groups excluding carboxylic acids is 3. The maximum atomic E-state index is 12.2. The Bertz CT molecular complexity index is 851. The fourth-order valence-corrected chi connectivity index (χ4v) is 3.42. The van der Waals surface area contributed by atoms with Crippen molar-refractivity contribution in [2.45, 2.75) is 104 Å². The highest BCUT2D eigenvalue weighted by molar-refractivity contribution is 5.83. The lowest BCUT2D eigenvalue weighted by Gasteiger charge is -2.29. The van der Waals surface area contributed by atoms with E-state index in [1.54, 1.807) is 62.3 Å². The maximum absolute atomic E-state index is 12.2. The lowest BCUT2D eigenvalue weighted by atomic mass is 10.1. The Morgan fingerprint density at radius 2 is 1.03 bits per heavy atom. The second-order valence-electron chi connectivity index (χ2n) is 12.0. The molecule has 0 unspecified atom stereocenters. The zero-order chi connectivity index (χ0) is 28.2. The summed E-state index contributed by atoms with van der Waals surface area (Å²) >= 11 is 0. The van der Waals surface area contributed by atoms with Crippen LogP contribution in [0.1, 0.15) is 75.2 Å². The highest BCUT2D eigenvalue weighted by Gasteiger charge is 2.41. The maximum Gasteiger partial charge on any atom is 0.411 e. The van der Waals surface area contributed by atoms with E-state index in [-0.39, 0.29) is 6.54 Å². The second-order valence-corrected chi connectivity index (χ2v) is 12.0. The Balaban J connectivity index is 0.000000369. The third kappa shape index (κ3) is 10.3. The lowest BCUT2D eigenvalue weighted by Crippen LogP contribution is -2.45. The molecule has 0 radical (unpaired) electrons. The molecule has 36 heavy (non-hydrogen) atoms. The molecule has 0 spiro atoms. The van der Waals surface area contributed by atoms with E-state index in [4.69, 9.17) is 19.3 Å². The van der Waals surface area contributed by atoms with Crippen LogP contribution in [0.25, 0.3) is 0 Å². The van der Waals surface area contributed by atoms with Crippen LogP contribution in [0.15, 0.2) is 24.3 Å². The number of rotatable bonds is 2. The van der Waals surface area contributed by atoms with E-state index in [9.17, 15) is 19.2 Å². The third-order valence-corrected chi connectivity index (χ3v) is 4.72. The number of likely N-dealkylation sites (tertiary alicyclic amines) is 2. The van der Waals surface area contributed by atoms with Crippen molar-refractivity contribution in [1.29, 1.82) is 0 Å². The topological polar surface area (TPSA) is 123 Å². The molecule has 2 aliphatic rings. The Hall–Kier alpha value is -3.04. The fraction of sp³-hybridized carbons (Fsp3) is 0.692. The minimum Gasteiger partial charge on any atom is -0.480 e. The number of carboxylic acid groups (broad SMARTS) is 1. The standard InChI is InChI=1S/C15H25NO4.C11H17NO4/c1-10-8-11(12(17)19-14(2,3)4)16(9-10)13(18)20-15(5,6)7;1-7-5-8(9(13)14)12(6-7)10(15)16-11(2,3)4/h11H,1,8-9H2,2-7H3;8H,1,5-6H2,2-4H3,(H,13,14)/t11-;8-/m00/s1. The van der Waals surface area contributed by atoms with Gasteiger partial charge in [0.1, 0.15) is 28.9 Å². The normalized spacial score (nSPS) is 20.5. The Labute approximate surface area is 214 Å². The van der Waals surface area contributed by atoms with Gasteiger partial charge in [-0.05, 0) is 62.3 Å². The van der Waals surface area contributed by atoms with E-state index in [2.05, 4.69) is 13.2 Å². The molecule has 10 nitrogen and oxygen atoms in total. The second kappa shape index (κ2) is 11.3. The number of hydrogen-bond donors (Lipinski definition) is 1. The average Bonchev–Trinajstić information content (AvgIpc) is 3.21. The molecule has 2 fully saturated rings. The van der Waals surface area contributed by atoms with Gasteiger partial charge in [0.05, 0.1) is 0 Å². The van der Waals surface area contributed by atoms with E-state index in [1.807, 2.05) is 0 Å². The average molecular weight is 511 g/mol. The molecule has 10 heteroatoms. The molecular formula is C26H42N2O8. The van der Waals surface area contributed by atoms with E-state index in [0.29, 0.717) is 19.4 Å². The molecule has 2 amide bonds. The van der Waals surface area contributed by atoms with Crippen LogP contribution in [-0.2, 0) is 23.8 Å². The SMILES string of the molecule is C=C1C[C@@H](C(=O)O)N(C(=O)OC(C)(C)C)C1.C=C1C[C@@H](C(=O)OC(C)(C)C)N(C(=O)OC(C)(C)C)C1. The molecule has 1 N–H and O–H groups in total. The van der Waals surface area contributed by atoms with E-state index in [1.165, 1.54) is 9.80 Å². The molecule has 2 heterocycles. The summed E-state index contributed by atoms with van der Waals surface area (Å²) in [6.07, 6.45) is -0.381. The first-order valence-electron chi connectivity index (χ1n) is 11.9. The van der Waals surface area contributed by atoms with E-state index < -0.39 is 53.0 Å². The number of aliphatic carboxylic acids is 1. The van der Waals surface area contributed by atoms with Crippen LogP contribution in [-0.4, -0.2) is 81.0 Å². The van der Waals surface area contributed by atoms with Crippen LogP contribution >= 0.6 is 0 Å². The van der Waals surface area contributed by atoms with Crippen LogP contribution in [0.2, 0.25) is 0 Å². The number of carboxylic acids is 1. The van der Waals surface area contributed by atoms with E-state index in [0.717, 1.165) is 11.1 Å². The molecule has 2 aliphatic heterocycles. The van der Waals surface area contributed by atoms with Gasteiger partial charge >= 0.3 is 24.1 Å². The van der Waals surface area contributed by atoms with Crippen molar-refractivity contribution >= 4 is 24.1 Å². The monoisotopic (exact) mass is 510 g/mol. The lowest BCUT2D eigenvalue weighted by molar-refractivity contribution is -0.160. The van der Waals surface area contributed by atoms with Gasteiger partial charge in [-0.3, -0.25) is 9.80 Å². The van der Waals surface area contributed by atoms with Gasteiger partial charge in [-0.2, -0.15) is 0 Å². The molecule has 0 aromatic heterocycles. The summed E-state index contributed by atoms with van der Waals surface area (Å²) in [4.78, 5) is 49.6. The first-order chi connectivity index (χ1) is 16.1. The van der Waals surface area contributed by atoms with Crippen molar-refractivity contribution in [2.24, 2.45) is 0 Å². The van der Waals surface area contributed by atoms with Crippen LogP contribution in [0, 0.1) is 0 Å². The molecule has 2 rings (SSSR count). The van der Waals surface area contributed by atoms with Gasteiger partial charge in [0.2, 0.25) is 0 Å². The summed E-state index contributed by atoms with van der Waals surface area (Å²) in [6.45, 7) is 24.1. The highest BCUT2D eigenvalue weighted by Crippen LogP contribution is 2.26. The van der Waals surface area contributed by atoms with E-state index >= 15 is 0 Å². The van der Waals surface area contributed by atoms with Gasteiger partial charge in [0.25, 0.3) is 0 Å². The zero-order valence-corrected chi connectivity index (χ0v) is 23.1. The summed E-state index contributed by atoms with van der Waals surface area (Å²) < 4.78 is 15.8. The number of amides is 2. The Morgan fingerprint density at radius 1 is 0.694 bits per heavy atom. The first kappa shape index (κ1) is 31.0. The predicted molar refractivity (Wildman–Crippen MR) is 134 cm³/mol. The smallest absolute Gasteiger partial charge is 0.411 e. The minimum absolute atomic E-state index is 0.256. The molecular weight excluding hydrogens is 468 g/mol. The largest absolute Gasteiger partial charge is 0.480 e. The van der Waals surface area contributed by atoms with Crippen LogP contribution in [0.3, 0.4) is 0 Å². The van der Waals surface area contributed by atoms with Crippen molar-refractivity contribution in [3.63, 3.8) is 0 Å². The number of carbonyl (C=O) groups is 4. The molecule has 0 saturated carbocycles. The summed E-state index contributed by atoms with van der Waals surface area (Å²) in [7, 11) is 0. The summed E-state index contributed by atoms with van der Waals surface area (Å²) in [5.74, 6) is -1.44. The van der Waals surface area contributed by atoms with Crippen molar-refractivity contribution in [2.75, 3.05) is 13.1 Å². The Kier molecular flexibility index (Phi) is 9.77. The van der Waals surface area contributed by atoms with Gasteiger partial charge in [0, 0.05) is 25.9 Å². The first-order valence-corrected chi connectivity index (χ1v) is 11.9. The molecule has 0 aliphatic carbocycles. The molecule has 204 valence electrons. The minimum atomic E-state index is -1.02. The third-order valence-electron chi connectivity index (χ3n) is 4.72. The highest BCUT2D eigenvalue weighted by atomic mass is 16.6. The molecule has 0 aromatic carbocycles.